The molecule has 6 nitrogen and oxygen atoms in total. The smallest absolute Gasteiger partial charge is 0.315 e. The first-order valence-electron chi connectivity index (χ1n) is 7.52. The van der Waals surface area contributed by atoms with Crippen LogP contribution < -0.4 is 10.6 Å². The van der Waals surface area contributed by atoms with Crippen molar-refractivity contribution in [1.82, 2.24) is 20.4 Å². The number of halogens is 1. The monoisotopic (exact) mass is 328 g/mol. The predicted molar refractivity (Wildman–Crippen MR) is 86.6 cm³/mol. The maximum Gasteiger partial charge on any atom is 0.315 e. The van der Waals surface area contributed by atoms with Crippen molar-refractivity contribution in [3.63, 3.8) is 0 Å². The Balaban J connectivity index is 1.40. The molecule has 2 aromatic heterocycles. The van der Waals surface area contributed by atoms with Crippen LogP contribution in [0.4, 0.5) is 9.18 Å². The van der Waals surface area contributed by atoms with Gasteiger partial charge in [-0.3, -0.25) is 4.68 Å². The molecule has 2 amide bonds. The van der Waals surface area contributed by atoms with Crippen molar-refractivity contribution >= 4 is 6.03 Å². The van der Waals surface area contributed by atoms with Gasteiger partial charge in [-0.1, -0.05) is 12.1 Å². The first kappa shape index (κ1) is 15.8. The number of amides is 2. The lowest BCUT2D eigenvalue weighted by molar-refractivity contribution is 0.240. The van der Waals surface area contributed by atoms with Gasteiger partial charge in [0.15, 0.2) is 0 Å². The topological polar surface area (TPSA) is 72.1 Å². The molecule has 1 aromatic carbocycles. The zero-order chi connectivity index (χ0) is 16.8. The first-order valence-corrected chi connectivity index (χ1v) is 7.52. The van der Waals surface area contributed by atoms with E-state index in [0.29, 0.717) is 19.6 Å². The molecule has 0 aliphatic carbocycles. The third-order valence-corrected chi connectivity index (χ3v) is 3.48. The molecule has 0 unspecified atom stereocenters. The number of rotatable bonds is 6. The molecule has 0 fully saturated rings. The van der Waals surface area contributed by atoms with Gasteiger partial charge in [-0.2, -0.15) is 5.10 Å². The molecule has 3 rings (SSSR count). The Kier molecular flexibility index (Phi) is 4.90. The van der Waals surface area contributed by atoms with E-state index in [9.17, 15) is 9.18 Å². The molecule has 7 heteroatoms. The highest BCUT2D eigenvalue weighted by Crippen LogP contribution is 2.18. The number of carbonyl (C=O) groups excluding carboxylic acids is 1. The van der Waals surface area contributed by atoms with Crippen LogP contribution in [0.1, 0.15) is 5.56 Å². The minimum absolute atomic E-state index is 0.276. The number of hydrogen-bond donors (Lipinski definition) is 2. The Morgan fingerprint density at radius 1 is 1.17 bits per heavy atom. The predicted octanol–water partition coefficient (Wildman–Crippen LogP) is 2.78. The molecule has 0 aliphatic heterocycles. The van der Waals surface area contributed by atoms with Crippen LogP contribution in [0.5, 0.6) is 0 Å². The van der Waals surface area contributed by atoms with E-state index in [4.69, 9.17) is 4.42 Å². The summed E-state index contributed by atoms with van der Waals surface area (Å²) in [4.78, 5) is 11.7. The number of nitrogens with one attached hydrogen (secondary N) is 2. The van der Waals surface area contributed by atoms with Gasteiger partial charge in [0.1, 0.15) is 5.82 Å². The van der Waals surface area contributed by atoms with E-state index < -0.39 is 0 Å². The average Bonchev–Trinajstić information content (AvgIpc) is 3.25. The van der Waals surface area contributed by atoms with Crippen LogP contribution in [0.25, 0.3) is 11.1 Å². The highest BCUT2D eigenvalue weighted by atomic mass is 19.1. The number of furan rings is 1. The van der Waals surface area contributed by atoms with E-state index in [1.54, 1.807) is 35.5 Å². The second kappa shape index (κ2) is 7.45. The molecule has 2 N–H and O–H groups in total. The second-order valence-electron chi connectivity index (χ2n) is 5.24. The quantitative estimate of drug-likeness (QED) is 0.731. The molecule has 0 aliphatic rings. The van der Waals surface area contributed by atoms with Gasteiger partial charge in [0, 0.05) is 30.4 Å². The lowest BCUT2D eigenvalue weighted by Crippen LogP contribution is -2.36. The molecular weight excluding hydrogens is 311 g/mol. The van der Waals surface area contributed by atoms with Gasteiger partial charge in [-0.05, 0) is 23.8 Å². The van der Waals surface area contributed by atoms with Crippen LogP contribution in [0.15, 0.2) is 59.7 Å². The molecule has 24 heavy (non-hydrogen) atoms. The molecule has 3 aromatic rings. The molecule has 0 spiro atoms. The Morgan fingerprint density at radius 3 is 2.75 bits per heavy atom. The van der Waals surface area contributed by atoms with Crippen LogP contribution in [-0.2, 0) is 13.1 Å². The molecule has 2 heterocycles. The van der Waals surface area contributed by atoms with E-state index in [2.05, 4.69) is 15.7 Å². The molecule has 0 saturated carbocycles. The molecule has 0 bridgehead atoms. The maximum atomic E-state index is 12.8. The van der Waals surface area contributed by atoms with Crippen molar-refractivity contribution in [1.29, 1.82) is 0 Å². The van der Waals surface area contributed by atoms with E-state index >= 15 is 0 Å². The maximum absolute atomic E-state index is 12.8. The fourth-order valence-corrected chi connectivity index (χ4v) is 2.19. The molecule has 0 atom stereocenters. The van der Waals surface area contributed by atoms with Crippen molar-refractivity contribution < 1.29 is 13.6 Å². The Hall–Kier alpha value is -3.09. The number of benzene rings is 1. The third-order valence-electron chi connectivity index (χ3n) is 3.48. The summed E-state index contributed by atoms with van der Waals surface area (Å²) < 4.78 is 19.6. The number of carbonyl (C=O) groups is 1. The standard InChI is InChI=1S/C17H17FN4O2/c18-16-3-1-13(2-4-16)9-20-17(23)19-6-7-22-11-15(10-21-22)14-5-8-24-12-14/h1-5,8,10-12H,6-7,9H2,(H2,19,20,23). The largest absolute Gasteiger partial charge is 0.472 e. The Labute approximate surface area is 138 Å². The number of aromatic nitrogens is 2. The molecular formula is C17H17FN4O2. The summed E-state index contributed by atoms with van der Waals surface area (Å²) in [6, 6.07) is 7.59. The minimum Gasteiger partial charge on any atom is -0.472 e. The minimum atomic E-state index is -0.294. The summed E-state index contributed by atoms with van der Waals surface area (Å²) in [5, 5.41) is 9.71. The van der Waals surface area contributed by atoms with E-state index in [1.807, 2.05) is 12.3 Å². The lowest BCUT2D eigenvalue weighted by atomic mass is 10.2. The lowest BCUT2D eigenvalue weighted by Gasteiger charge is -2.08. The number of urea groups is 1. The zero-order valence-electron chi connectivity index (χ0n) is 12.9. The van der Waals surface area contributed by atoms with Gasteiger partial charge in [0.05, 0.1) is 25.3 Å². The van der Waals surface area contributed by atoms with Crippen molar-refractivity contribution in [3.8, 4) is 11.1 Å². The average molecular weight is 328 g/mol. The van der Waals surface area contributed by atoms with Gasteiger partial charge < -0.3 is 15.1 Å². The SMILES string of the molecule is O=C(NCCn1cc(-c2ccoc2)cn1)NCc1ccc(F)cc1. The number of hydrogen-bond acceptors (Lipinski definition) is 3. The summed E-state index contributed by atoms with van der Waals surface area (Å²) in [5.74, 6) is -0.294. The summed E-state index contributed by atoms with van der Waals surface area (Å²) >= 11 is 0. The van der Waals surface area contributed by atoms with Crippen molar-refractivity contribution in [3.05, 3.63) is 66.6 Å². The van der Waals surface area contributed by atoms with Gasteiger partial charge in [0.25, 0.3) is 0 Å². The molecule has 0 radical (unpaired) electrons. The van der Waals surface area contributed by atoms with Crippen LogP contribution in [0, 0.1) is 5.82 Å². The normalized spacial score (nSPS) is 10.5. The third kappa shape index (κ3) is 4.22. The zero-order valence-corrected chi connectivity index (χ0v) is 12.9. The van der Waals surface area contributed by atoms with Crippen molar-refractivity contribution in [2.75, 3.05) is 6.54 Å². The Bertz CT molecular complexity index is 781. The highest BCUT2D eigenvalue weighted by Gasteiger charge is 2.04. The van der Waals surface area contributed by atoms with E-state index in [1.165, 1.54) is 12.1 Å². The van der Waals surface area contributed by atoms with Gasteiger partial charge in [0.2, 0.25) is 0 Å². The van der Waals surface area contributed by atoms with Crippen LogP contribution in [0.3, 0.4) is 0 Å². The summed E-state index contributed by atoms with van der Waals surface area (Å²) in [5.41, 5.74) is 2.76. The second-order valence-corrected chi connectivity index (χ2v) is 5.24. The van der Waals surface area contributed by atoms with Gasteiger partial charge in [-0.25, -0.2) is 9.18 Å². The molecule has 0 saturated heterocycles. The van der Waals surface area contributed by atoms with Crippen molar-refractivity contribution in [2.24, 2.45) is 0 Å². The van der Waals surface area contributed by atoms with Gasteiger partial charge in [-0.15, -0.1) is 0 Å². The molecule has 124 valence electrons. The Morgan fingerprint density at radius 2 is 2.00 bits per heavy atom. The van der Waals surface area contributed by atoms with Gasteiger partial charge >= 0.3 is 6.03 Å². The summed E-state index contributed by atoms with van der Waals surface area (Å²) in [6.07, 6.45) is 6.91. The highest BCUT2D eigenvalue weighted by molar-refractivity contribution is 5.73. The fraction of sp³-hybridized carbons (Fsp3) is 0.176. The van der Waals surface area contributed by atoms with Crippen LogP contribution in [0.2, 0.25) is 0 Å². The number of nitrogens with zero attached hydrogens (tertiary/aromatic N) is 2. The fourth-order valence-electron chi connectivity index (χ4n) is 2.19. The summed E-state index contributed by atoms with van der Waals surface area (Å²) in [6.45, 7) is 1.35. The van der Waals surface area contributed by atoms with E-state index in [-0.39, 0.29) is 11.8 Å². The van der Waals surface area contributed by atoms with Crippen molar-refractivity contribution in [2.45, 2.75) is 13.1 Å². The first-order chi connectivity index (χ1) is 11.7. The summed E-state index contributed by atoms with van der Waals surface area (Å²) in [7, 11) is 0. The van der Waals surface area contributed by atoms with E-state index in [0.717, 1.165) is 16.7 Å². The van der Waals surface area contributed by atoms with Crippen LogP contribution >= 0.6 is 0 Å². The van der Waals surface area contributed by atoms with Crippen LogP contribution in [-0.4, -0.2) is 22.4 Å².